The van der Waals surface area contributed by atoms with Gasteiger partial charge in [0.15, 0.2) is 0 Å². The van der Waals surface area contributed by atoms with E-state index in [1.807, 2.05) is 44.2 Å². The third kappa shape index (κ3) is 6.25. The summed E-state index contributed by atoms with van der Waals surface area (Å²) in [5.41, 5.74) is 3.48. The first kappa shape index (κ1) is 24.4. The van der Waals surface area contributed by atoms with E-state index in [9.17, 15) is 8.78 Å². The molecule has 3 heteroatoms. The van der Waals surface area contributed by atoms with Gasteiger partial charge in [0.1, 0.15) is 17.4 Å². The van der Waals surface area contributed by atoms with E-state index < -0.39 is 11.6 Å². The van der Waals surface area contributed by atoms with Crippen LogP contribution in [-0.2, 0) is 12.8 Å². The van der Waals surface area contributed by atoms with Crippen LogP contribution in [0.4, 0.5) is 8.78 Å². The van der Waals surface area contributed by atoms with Crippen molar-refractivity contribution in [2.24, 2.45) is 5.92 Å². The molecule has 0 N–H and O–H groups in total. The number of hydrogen-bond donors (Lipinski definition) is 0. The van der Waals surface area contributed by atoms with Crippen molar-refractivity contribution in [3.05, 3.63) is 101 Å². The van der Waals surface area contributed by atoms with Crippen LogP contribution in [0.25, 0.3) is 0 Å². The van der Waals surface area contributed by atoms with Gasteiger partial charge in [-0.1, -0.05) is 49.4 Å². The minimum absolute atomic E-state index is 0.0709. The Kier molecular flexibility index (Phi) is 8.37. The summed E-state index contributed by atoms with van der Waals surface area (Å²) >= 11 is 0. The molecule has 0 spiro atoms. The van der Waals surface area contributed by atoms with Crippen LogP contribution in [-0.4, -0.2) is 6.61 Å². The van der Waals surface area contributed by atoms with Crippen molar-refractivity contribution in [3.8, 4) is 5.75 Å². The Hall–Kier alpha value is -2.68. The van der Waals surface area contributed by atoms with E-state index in [1.54, 1.807) is 12.1 Å². The van der Waals surface area contributed by atoms with Crippen molar-refractivity contribution in [2.75, 3.05) is 6.61 Å². The Morgan fingerprint density at radius 1 is 0.882 bits per heavy atom. The van der Waals surface area contributed by atoms with E-state index in [2.05, 4.69) is 24.3 Å². The monoisotopic (exact) mass is 462 g/mol. The maximum absolute atomic E-state index is 14.8. The highest BCUT2D eigenvalue weighted by Crippen LogP contribution is 2.38. The van der Waals surface area contributed by atoms with Crippen LogP contribution in [0.2, 0.25) is 0 Å². The van der Waals surface area contributed by atoms with Crippen molar-refractivity contribution in [1.82, 2.24) is 0 Å². The lowest BCUT2D eigenvalue weighted by Gasteiger charge is -2.29. The molecule has 1 saturated carbocycles. The lowest BCUT2D eigenvalue weighted by Crippen LogP contribution is -2.14. The van der Waals surface area contributed by atoms with Gasteiger partial charge in [-0.2, -0.15) is 0 Å². The molecule has 3 aromatic carbocycles. The first-order valence-electron chi connectivity index (χ1n) is 12.8. The summed E-state index contributed by atoms with van der Waals surface area (Å²) < 4.78 is 35.2. The van der Waals surface area contributed by atoms with Crippen LogP contribution in [0.5, 0.6) is 5.75 Å². The minimum atomic E-state index is -0.406. The molecule has 1 nitrogen and oxygen atoms in total. The summed E-state index contributed by atoms with van der Waals surface area (Å²) in [7, 11) is 0. The lowest BCUT2D eigenvalue weighted by atomic mass is 9.77. The molecule has 1 aliphatic rings. The van der Waals surface area contributed by atoms with Crippen LogP contribution < -0.4 is 4.74 Å². The fourth-order valence-corrected chi connectivity index (χ4v) is 5.36. The number of ether oxygens (including phenoxy) is 1. The highest BCUT2D eigenvalue weighted by Gasteiger charge is 2.23. The van der Waals surface area contributed by atoms with Gasteiger partial charge in [0.25, 0.3) is 0 Å². The quantitative estimate of drug-likeness (QED) is 0.309. The van der Waals surface area contributed by atoms with Gasteiger partial charge in [0.2, 0.25) is 0 Å². The molecule has 1 aliphatic carbocycles. The lowest BCUT2D eigenvalue weighted by molar-refractivity contribution is 0.309. The summed E-state index contributed by atoms with van der Waals surface area (Å²) in [6.07, 6.45) is 6.81. The molecule has 0 amide bonds. The van der Waals surface area contributed by atoms with Crippen molar-refractivity contribution in [2.45, 2.75) is 70.6 Å². The Morgan fingerprint density at radius 2 is 1.53 bits per heavy atom. The predicted molar refractivity (Wildman–Crippen MR) is 136 cm³/mol. The molecule has 4 rings (SSSR count). The highest BCUT2D eigenvalue weighted by atomic mass is 19.1. The number of aryl methyl sites for hydroxylation is 1. The van der Waals surface area contributed by atoms with Gasteiger partial charge in [-0.3, -0.25) is 0 Å². The van der Waals surface area contributed by atoms with Crippen LogP contribution in [0.15, 0.2) is 66.7 Å². The molecule has 34 heavy (non-hydrogen) atoms. The number of halogens is 2. The largest absolute Gasteiger partial charge is 0.494 e. The van der Waals surface area contributed by atoms with Crippen molar-refractivity contribution >= 4 is 0 Å². The van der Waals surface area contributed by atoms with Crippen LogP contribution >= 0.6 is 0 Å². The Bertz CT molecular complexity index is 1010. The zero-order valence-electron chi connectivity index (χ0n) is 20.4. The summed E-state index contributed by atoms with van der Waals surface area (Å²) in [5.74, 6) is 1.42. The smallest absolute Gasteiger partial charge is 0.129 e. The first-order valence-corrected chi connectivity index (χ1v) is 12.8. The van der Waals surface area contributed by atoms with Gasteiger partial charge < -0.3 is 4.74 Å². The normalized spacial score (nSPS) is 19.1. The second-order valence-electron chi connectivity index (χ2n) is 9.81. The molecule has 1 fully saturated rings. The average molecular weight is 463 g/mol. The van der Waals surface area contributed by atoms with Crippen LogP contribution in [0.1, 0.15) is 80.0 Å². The predicted octanol–water partition coefficient (Wildman–Crippen LogP) is 8.62. The topological polar surface area (TPSA) is 9.23 Å². The molecule has 1 unspecified atom stereocenters. The molecule has 0 heterocycles. The van der Waals surface area contributed by atoms with E-state index >= 15 is 0 Å². The third-order valence-corrected chi connectivity index (χ3v) is 7.43. The van der Waals surface area contributed by atoms with Crippen molar-refractivity contribution in [1.29, 1.82) is 0 Å². The fraction of sp³-hybridized carbons (Fsp3) is 0.419. The first-order chi connectivity index (χ1) is 16.5. The molecule has 180 valence electrons. The summed E-state index contributed by atoms with van der Waals surface area (Å²) in [6, 6.07) is 21.6. The molecular weight excluding hydrogens is 426 g/mol. The van der Waals surface area contributed by atoms with Gasteiger partial charge >= 0.3 is 0 Å². The van der Waals surface area contributed by atoms with Crippen molar-refractivity contribution < 1.29 is 13.5 Å². The van der Waals surface area contributed by atoms with Gasteiger partial charge in [-0.15, -0.1) is 0 Å². The SMILES string of the molecule is CCOc1ccc(C2CCC(CCc3cc(F)c(CC(C)c4ccccc4)c(F)c3)CC2)cc1. The molecular formula is C31H36F2O. The van der Waals surface area contributed by atoms with Crippen LogP contribution in [0, 0.1) is 17.6 Å². The minimum Gasteiger partial charge on any atom is -0.494 e. The molecule has 0 aliphatic heterocycles. The second-order valence-corrected chi connectivity index (χ2v) is 9.81. The average Bonchev–Trinajstić information content (AvgIpc) is 2.86. The zero-order valence-corrected chi connectivity index (χ0v) is 20.4. The van der Waals surface area contributed by atoms with Gasteiger partial charge in [-0.05, 0) is 111 Å². The summed E-state index contributed by atoms with van der Waals surface area (Å²) in [4.78, 5) is 0. The molecule has 0 radical (unpaired) electrons. The Labute approximate surface area is 203 Å². The van der Waals surface area contributed by atoms with E-state index in [1.165, 1.54) is 31.2 Å². The standard InChI is InChI=1S/C31H36F2O/c1-3-34-28-17-15-27(16-18-28)26-13-11-23(12-14-26)9-10-24-20-30(32)29(31(33)21-24)19-22(2)25-7-5-4-6-8-25/h4-8,15-18,20-23,26H,3,9-14,19H2,1-2H3. The number of rotatable bonds is 9. The van der Waals surface area contributed by atoms with Gasteiger partial charge in [0, 0.05) is 5.56 Å². The number of benzene rings is 3. The molecule has 3 aromatic rings. The van der Waals surface area contributed by atoms with E-state index in [0.717, 1.165) is 29.7 Å². The summed E-state index contributed by atoms with van der Waals surface area (Å²) in [6.45, 7) is 4.71. The molecule has 1 atom stereocenters. The number of hydrogen-bond acceptors (Lipinski definition) is 1. The second kappa shape index (κ2) is 11.6. The van der Waals surface area contributed by atoms with E-state index in [4.69, 9.17) is 4.74 Å². The summed E-state index contributed by atoms with van der Waals surface area (Å²) in [5, 5.41) is 0. The zero-order chi connectivity index (χ0) is 23.9. The molecule has 0 saturated heterocycles. The van der Waals surface area contributed by atoms with Crippen LogP contribution in [0.3, 0.4) is 0 Å². The third-order valence-electron chi connectivity index (χ3n) is 7.43. The van der Waals surface area contributed by atoms with Crippen molar-refractivity contribution in [3.63, 3.8) is 0 Å². The Morgan fingerprint density at radius 3 is 2.15 bits per heavy atom. The Balaban J connectivity index is 1.28. The highest BCUT2D eigenvalue weighted by molar-refractivity contribution is 5.31. The maximum Gasteiger partial charge on any atom is 0.129 e. The van der Waals surface area contributed by atoms with E-state index in [0.29, 0.717) is 24.9 Å². The maximum atomic E-state index is 14.8. The van der Waals surface area contributed by atoms with E-state index in [-0.39, 0.29) is 11.5 Å². The molecule has 0 bridgehead atoms. The fourth-order valence-electron chi connectivity index (χ4n) is 5.36. The molecule has 0 aromatic heterocycles. The van der Waals surface area contributed by atoms with Gasteiger partial charge in [0.05, 0.1) is 6.61 Å². The van der Waals surface area contributed by atoms with Gasteiger partial charge in [-0.25, -0.2) is 8.78 Å².